The molecule has 21 heavy (non-hydrogen) atoms. The maximum Gasteiger partial charge on any atom is 0.270 e. The van der Waals surface area contributed by atoms with Crippen molar-refractivity contribution >= 4 is 27.5 Å². The van der Waals surface area contributed by atoms with Gasteiger partial charge in [-0.1, -0.05) is 0 Å². The van der Waals surface area contributed by atoms with Crippen LogP contribution >= 0.6 is 15.9 Å². The molecular weight excluding hydrogens is 338 g/mol. The first-order valence-corrected chi connectivity index (χ1v) is 7.63. The molecule has 1 saturated heterocycles. The largest absolute Gasteiger partial charge is 0.335 e. The summed E-state index contributed by atoms with van der Waals surface area (Å²) in [5.74, 6) is -0.159. The minimum Gasteiger partial charge on any atom is -0.335 e. The maximum atomic E-state index is 12.7. The lowest BCUT2D eigenvalue weighted by atomic mass is 10.1. The first kappa shape index (κ1) is 15.9. The molecule has 0 aromatic heterocycles. The van der Waals surface area contributed by atoms with E-state index in [2.05, 4.69) is 20.8 Å². The van der Waals surface area contributed by atoms with Crippen LogP contribution in [-0.2, 0) is 0 Å². The van der Waals surface area contributed by atoms with Crippen LogP contribution in [0, 0.1) is 10.1 Å². The zero-order chi connectivity index (χ0) is 15.6. The number of hydrogen-bond acceptors (Lipinski definition) is 4. The summed E-state index contributed by atoms with van der Waals surface area (Å²) in [6, 6.07) is 4.37. The smallest absolute Gasteiger partial charge is 0.270 e. The third-order valence-corrected chi connectivity index (χ3v) is 4.39. The Bertz CT molecular complexity index is 564. The van der Waals surface area contributed by atoms with Crippen LogP contribution in [0.1, 0.15) is 23.7 Å². The lowest BCUT2D eigenvalue weighted by molar-refractivity contribution is -0.384. The molecule has 0 spiro atoms. The molecule has 1 aromatic rings. The Labute approximate surface area is 132 Å². The van der Waals surface area contributed by atoms with Crippen molar-refractivity contribution in [2.45, 2.75) is 19.4 Å². The van der Waals surface area contributed by atoms with Gasteiger partial charge < -0.3 is 9.80 Å². The minimum atomic E-state index is -0.483. The van der Waals surface area contributed by atoms with Crippen LogP contribution in [0.4, 0.5) is 5.69 Å². The van der Waals surface area contributed by atoms with E-state index in [1.165, 1.54) is 12.1 Å². The van der Waals surface area contributed by atoms with Gasteiger partial charge in [0.2, 0.25) is 0 Å². The Morgan fingerprint density at radius 3 is 2.81 bits per heavy atom. The van der Waals surface area contributed by atoms with Crippen LogP contribution in [-0.4, -0.2) is 53.4 Å². The number of benzene rings is 1. The van der Waals surface area contributed by atoms with Gasteiger partial charge in [-0.25, -0.2) is 0 Å². The fourth-order valence-electron chi connectivity index (χ4n) is 2.62. The van der Waals surface area contributed by atoms with Crippen molar-refractivity contribution in [3.63, 3.8) is 0 Å². The predicted octanol–water partition coefficient (Wildman–Crippen LogP) is 2.52. The van der Waals surface area contributed by atoms with E-state index in [0.29, 0.717) is 16.6 Å². The number of carbonyl (C=O) groups excluding carboxylic acids is 1. The molecule has 1 aliphatic heterocycles. The normalized spacial score (nSPS) is 20.1. The van der Waals surface area contributed by atoms with Gasteiger partial charge in [-0.05, 0) is 48.9 Å². The third kappa shape index (κ3) is 3.59. The molecule has 1 amide bonds. The first-order valence-electron chi connectivity index (χ1n) is 6.83. The second kappa shape index (κ2) is 6.53. The summed E-state index contributed by atoms with van der Waals surface area (Å²) in [4.78, 5) is 27.1. The highest BCUT2D eigenvalue weighted by Gasteiger charge is 2.27. The monoisotopic (exact) mass is 355 g/mol. The molecule has 0 saturated carbocycles. The SMILES string of the molecule is CC1CN(C)CCCN1C(=O)c1cc([N+](=O)[O-])ccc1Br. The molecule has 6 nitrogen and oxygen atoms in total. The molecule has 114 valence electrons. The second-order valence-electron chi connectivity index (χ2n) is 5.38. The van der Waals surface area contributed by atoms with Crippen molar-refractivity contribution in [2.24, 2.45) is 0 Å². The van der Waals surface area contributed by atoms with E-state index in [4.69, 9.17) is 0 Å². The number of hydrogen-bond donors (Lipinski definition) is 0. The van der Waals surface area contributed by atoms with Gasteiger partial charge in [0.25, 0.3) is 11.6 Å². The molecule has 2 rings (SSSR count). The molecule has 1 aliphatic rings. The fraction of sp³-hybridized carbons (Fsp3) is 0.500. The van der Waals surface area contributed by atoms with Gasteiger partial charge in [-0.2, -0.15) is 0 Å². The van der Waals surface area contributed by atoms with Gasteiger partial charge in [0, 0.05) is 35.7 Å². The van der Waals surface area contributed by atoms with Crippen molar-refractivity contribution in [3.8, 4) is 0 Å². The number of non-ortho nitro benzene ring substituents is 1. The van der Waals surface area contributed by atoms with Crippen molar-refractivity contribution < 1.29 is 9.72 Å². The number of nitrogens with zero attached hydrogens (tertiary/aromatic N) is 3. The van der Waals surface area contributed by atoms with Crippen LogP contribution in [0.15, 0.2) is 22.7 Å². The lowest BCUT2D eigenvalue weighted by Gasteiger charge is -2.28. The summed E-state index contributed by atoms with van der Waals surface area (Å²) >= 11 is 3.32. The highest BCUT2D eigenvalue weighted by atomic mass is 79.9. The highest BCUT2D eigenvalue weighted by molar-refractivity contribution is 9.10. The zero-order valence-corrected chi connectivity index (χ0v) is 13.7. The summed E-state index contributed by atoms with van der Waals surface area (Å²) in [6.45, 7) is 4.42. The van der Waals surface area contributed by atoms with E-state index >= 15 is 0 Å². The average molecular weight is 356 g/mol. The highest BCUT2D eigenvalue weighted by Crippen LogP contribution is 2.25. The van der Waals surface area contributed by atoms with Crippen LogP contribution < -0.4 is 0 Å². The molecule has 1 heterocycles. The Balaban J connectivity index is 2.30. The molecule has 0 radical (unpaired) electrons. The number of rotatable bonds is 2. The minimum absolute atomic E-state index is 0.0684. The summed E-state index contributed by atoms with van der Waals surface area (Å²) in [6.07, 6.45) is 0.902. The standard InChI is InChI=1S/C14H18BrN3O3/c1-10-9-16(2)6-3-7-17(10)14(19)12-8-11(18(20)21)4-5-13(12)15/h4-5,8,10H,3,6-7,9H2,1-2H3. The van der Waals surface area contributed by atoms with E-state index in [1.807, 2.05) is 14.0 Å². The molecule has 0 N–H and O–H groups in total. The van der Waals surface area contributed by atoms with Crippen molar-refractivity contribution in [2.75, 3.05) is 26.7 Å². The third-order valence-electron chi connectivity index (χ3n) is 3.70. The number of carbonyl (C=O) groups is 1. The Morgan fingerprint density at radius 1 is 1.43 bits per heavy atom. The molecule has 1 fully saturated rings. The van der Waals surface area contributed by atoms with Gasteiger partial charge in [0.05, 0.1) is 10.5 Å². The molecule has 0 bridgehead atoms. The second-order valence-corrected chi connectivity index (χ2v) is 6.24. The van der Waals surface area contributed by atoms with Crippen LogP contribution in [0.5, 0.6) is 0 Å². The number of amides is 1. The number of nitro benzene ring substituents is 1. The van der Waals surface area contributed by atoms with Crippen molar-refractivity contribution in [1.29, 1.82) is 0 Å². The van der Waals surface area contributed by atoms with Crippen LogP contribution in [0.25, 0.3) is 0 Å². The van der Waals surface area contributed by atoms with Gasteiger partial charge in [0.15, 0.2) is 0 Å². The van der Waals surface area contributed by atoms with Gasteiger partial charge >= 0.3 is 0 Å². The van der Waals surface area contributed by atoms with Crippen LogP contribution in [0.2, 0.25) is 0 Å². The van der Waals surface area contributed by atoms with E-state index in [9.17, 15) is 14.9 Å². The fourth-order valence-corrected chi connectivity index (χ4v) is 3.04. The summed E-state index contributed by atoms with van der Waals surface area (Å²) in [5, 5.41) is 10.9. The van der Waals surface area contributed by atoms with E-state index in [-0.39, 0.29) is 17.6 Å². The zero-order valence-electron chi connectivity index (χ0n) is 12.1. The molecule has 0 aliphatic carbocycles. The summed E-state index contributed by atoms with van der Waals surface area (Å²) in [7, 11) is 2.04. The van der Waals surface area contributed by atoms with E-state index in [0.717, 1.165) is 19.5 Å². The maximum absolute atomic E-state index is 12.7. The van der Waals surface area contributed by atoms with Gasteiger partial charge in [-0.15, -0.1) is 0 Å². The van der Waals surface area contributed by atoms with E-state index < -0.39 is 4.92 Å². The van der Waals surface area contributed by atoms with Crippen molar-refractivity contribution in [1.82, 2.24) is 9.80 Å². The molecule has 1 unspecified atom stereocenters. The first-order chi connectivity index (χ1) is 9.90. The number of nitro groups is 1. The Kier molecular flexibility index (Phi) is 4.95. The quantitative estimate of drug-likeness (QED) is 0.603. The van der Waals surface area contributed by atoms with Crippen LogP contribution in [0.3, 0.4) is 0 Å². The van der Waals surface area contributed by atoms with Gasteiger partial charge in [0.1, 0.15) is 0 Å². The number of halogens is 1. The average Bonchev–Trinajstić information content (AvgIpc) is 2.58. The van der Waals surface area contributed by atoms with E-state index in [1.54, 1.807) is 11.0 Å². The Morgan fingerprint density at radius 2 is 2.14 bits per heavy atom. The van der Waals surface area contributed by atoms with Crippen molar-refractivity contribution in [3.05, 3.63) is 38.3 Å². The predicted molar refractivity (Wildman–Crippen MR) is 83.4 cm³/mol. The molecule has 1 aromatic carbocycles. The summed E-state index contributed by atoms with van der Waals surface area (Å²) in [5.41, 5.74) is 0.279. The molecule has 7 heteroatoms. The molecular formula is C14H18BrN3O3. The van der Waals surface area contributed by atoms with Gasteiger partial charge in [-0.3, -0.25) is 14.9 Å². The Hall–Kier alpha value is -1.47. The summed E-state index contributed by atoms with van der Waals surface area (Å²) < 4.78 is 0.586. The lowest BCUT2D eigenvalue weighted by Crippen LogP contribution is -2.42. The molecule has 1 atom stereocenters. The number of likely N-dealkylation sites (N-methyl/N-ethyl adjacent to an activating group) is 1. The topological polar surface area (TPSA) is 66.7 Å².